The summed E-state index contributed by atoms with van der Waals surface area (Å²) in [5.74, 6) is 0.983. The molecule has 1 N–H and O–H groups in total. The molecule has 0 atom stereocenters. The minimum atomic E-state index is -3.83. The first-order chi connectivity index (χ1) is 17.8. The van der Waals surface area contributed by atoms with Crippen molar-refractivity contribution in [1.29, 1.82) is 0 Å². The Balaban J connectivity index is 1.27. The van der Waals surface area contributed by atoms with E-state index in [1.165, 1.54) is 6.07 Å². The summed E-state index contributed by atoms with van der Waals surface area (Å²) in [4.78, 5) is 13.6. The molecule has 0 saturated carbocycles. The maximum atomic E-state index is 13.2. The van der Waals surface area contributed by atoms with Crippen LogP contribution in [-0.4, -0.2) is 42.7 Å². The van der Waals surface area contributed by atoms with Crippen LogP contribution in [0.4, 0.5) is 0 Å². The van der Waals surface area contributed by atoms with Crippen LogP contribution in [0.5, 0.6) is 11.5 Å². The summed E-state index contributed by atoms with van der Waals surface area (Å²) in [5.41, 5.74) is 5.02. The number of sulfonamides is 1. The lowest BCUT2D eigenvalue weighted by molar-refractivity contribution is -0.123. The molecule has 3 aromatic rings. The molecule has 0 aromatic heterocycles. The van der Waals surface area contributed by atoms with Crippen LogP contribution >= 0.6 is 24.0 Å². The fraction of sp³-hybridized carbons (Fsp3) is 0.115. The molecule has 3 aromatic carbocycles. The van der Waals surface area contributed by atoms with Crippen LogP contribution in [0.1, 0.15) is 16.7 Å². The summed E-state index contributed by atoms with van der Waals surface area (Å²) < 4.78 is 40.3. The molecule has 2 aliphatic rings. The topological polar surface area (TPSA) is 97.3 Å². The summed E-state index contributed by atoms with van der Waals surface area (Å²) in [6.07, 6.45) is 1.69. The number of benzene rings is 3. The van der Waals surface area contributed by atoms with Gasteiger partial charge in [0.05, 0.1) is 4.91 Å². The number of aryl methyl sites for hydroxylation is 1. The van der Waals surface area contributed by atoms with Gasteiger partial charge in [-0.2, -0.15) is 13.4 Å². The molecule has 1 saturated heterocycles. The summed E-state index contributed by atoms with van der Waals surface area (Å²) in [5, 5.41) is 1.13. The third-order valence-corrected chi connectivity index (χ3v) is 8.12. The van der Waals surface area contributed by atoms with Crippen molar-refractivity contribution in [2.24, 2.45) is 4.40 Å². The number of hydrogen-bond acceptors (Lipinski definition) is 8. The number of nitrogens with one attached hydrogen (secondary N) is 1. The Hall–Kier alpha value is -3.67. The van der Waals surface area contributed by atoms with Crippen molar-refractivity contribution in [2.45, 2.75) is 11.8 Å². The summed E-state index contributed by atoms with van der Waals surface area (Å²) >= 11 is 6.49. The average Bonchev–Trinajstić information content (AvgIpc) is 3.30. The van der Waals surface area contributed by atoms with Gasteiger partial charge < -0.3 is 9.47 Å². The number of thioether (sulfide) groups is 1. The van der Waals surface area contributed by atoms with Crippen molar-refractivity contribution in [1.82, 2.24) is 10.4 Å². The number of amides is 1. The van der Waals surface area contributed by atoms with Crippen LogP contribution in [-0.2, 0) is 14.8 Å². The number of rotatable bonds is 7. The first-order valence-electron chi connectivity index (χ1n) is 11.2. The second kappa shape index (κ2) is 10.4. The number of fused-ring (bicyclic) bond motifs is 1. The van der Waals surface area contributed by atoms with Crippen LogP contribution in [0.25, 0.3) is 6.08 Å². The van der Waals surface area contributed by atoms with E-state index in [1.54, 1.807) is 24.3 Å². The van der Waals surface area contributed by atoms with Gasteiger partial charge in [0.25, 0.3) is 15.9 Å². The standard InChI is InChI=1S/C26H21N3O5S3/c1-17-10-12-19(13-11-17)33-14-15-34-21-8-4-2-6-18(21)16-22-25(30)29(26(35)36-22)27-24-20-7-3-5-9-23(20)37(31,32)28-24/h2-13,16H,14-15H2,1H3,(H,27,28)/b22-16-. The number of ether oxygens (including phenoxy) is 2. The molecule has 0 unspecified atom stereocenters. The summed E-state index contributed by atoms with van der Waals surface area (Å²) in [6, 6.07) is 21.5. The van der Waals surface area contributed by atoms with Crippen LogP contribution in [0, 0.1) is 6.92 Å². The van der Waals surface area contributed by atoms with E-state index in [4.69, 9.17) is 21.7 Å². The van der Waals surface area contributed by atoms with Gasteiger partial charge in [0.15, 0.2) is 10.2 Å². The zero-order chi connectivity index (χ0) is 26.0. The summed E-state index contributed by atoms with van der Waals surface area (Å²) in [7, 11) is -3.83. The van der Waals surface area contributed by atoms with Gasteiger partial charge in [-0.1, -0.05) is 59.8 Å². The fourth-order valence-corrected chi connectivity index (χ4v) is 6.02. The number of carbonyl (C=O) groups excluding carboxylic acids is 1. The third-order valence-electron chi connectivity index (χ3n) is 5.48. The lowest BCUT2D eigenvalue weighted by Crippen LogP contribution is -2.44. The molecular formula is C26H21N3O5S3. The highest BCUT2D eigenvalue weighted by Gasteiger charge is 2.36. The van der Waals surface area contributed by atoms with Gasteiger partial charge in [0, 0.05) is 11.1 Å². The second-order valence-electron chi connectivity index (χ2n) is 8.09. The average molecular weight is 552 g/mol. The molecule has 0 radical (unpaired) electrons. The molecule has 1 amide bonds. The third kappa shape index (κ3) is 5.38. The molecule has 0 bridgehead atoms. The Labute approximate surface area is 224 Å². The van der Waals surface area contributed by atoms with Crippen LogP contribution in [0.15, 0.2) is 87.0 Å². The molecule has 2 aliphatic heterocycles. The summed E-state index contributed by atoms with van der Waals surface area (Å²) in [6.45, 7) is 2.69. The van der Waals surface area contributed by atoms with Crippen molar-refractivity contribution in [3.63, 3.8) is 0 Å². The van der Waals surface area contributed by atoms with Gasteiger partial charge in [0.2, 0.25) is 0 Å². The maximum absolute atomic E-state index is 13.2. The molecule has 0 aliphatic carbocycles. The molecular weight excluding hydrogens is 531 g/mol. The second-order valence-corrected chi connectivity index (χ2v) is 11.3. The Kier molecular flexibility index (Phi) is 7.00. The Morgan fingerprint density at radius 3 is 2.51 bits per heavy atom. The number of amidine groups is 1. The minimum Gasteiger partial charge on any atom is -0.490 e. The number of carbonyl (C=O) groups is 1. The highest BCUT2D eigenvalue weighted by Crippen LogP contribution is 2.34. The molecule has 5 rings (SSSR count). The van der Waals surface area contributed by atoms with Gasteiger partial charge in [-0.05, 0) is 55.5 Å². The number of hydrogen-bond donors (Lipinski definition) is 1. The highest BCUT2D eigenvalue weighted by atomic mass is 32.2. The van der Waals surface area contributed by atoms with Crippen molar-refractivity contribution in [2.75, 3.05) is 13.2 Å². The van der Waals surface area contributed by atoms with E-state index in [9.17, 15) is 13.2 Å². The van der Waals surface area contributed by atoms with Crippen LogP contribution < -0.4 is 14.9 Å². The maximum Gasteiger partial charge on any atom is 0.285 e. The van der Waals surface area contributed by atoms with Crippen molar-refractivity contribution in [3.05, 3.63) is 94.4 Å². The lowest BCUT2D eigenvalue weighted by Gasteiger charge is -2.16. The van der Waals surface area contributed by atoms with E-state index in [0.717, 1.165) is 28.1 Å². The molecule has 2 heterocycles. The lowest BCUT2D eigenvalue weighted by atomic mass is 10.2. The predicted molar refractivity (Wildman–Crippen MR) is 147 cm³/mol. The van der Waals surface area contributed by atoms with Gasteiger partial charge >= 0.3 is 0 Å². The fourth-order valence-electron chi connectivity index (χ4n) is 3.67. The van der Waals surface area contributed by atoms with E-state index in [2.05, 4.69) is 9.82 Å². The first kappa shape index (κ1) is 25.0. The highest BCUT2D eigenvalue weighted by molar-refractivity contribution is 8.26. The Bertz CT molecular complexity index is 1550. The van der Waals surface area contributed by atoms with E-state index >= 15 is 0 Å². The van der Waals surface area contributed by atoms with Crippen LogP contribution in [0.2, 0.25) is 0 Å². The number of nitrogens with zero attached hydrogens (tertiary/aromatic N) is 2. The molecule has 0 spiro atoms. The van der Waals surface area contributed by atoms with E-state index in [1.807, 2.05) is 55.5 Å². The van der Waals surface area contributed by atoms with E-state index in [-0.39, 0.29) is 15.1 Å². The zero-order valence-electron chi connectivity index (χ0n) is 19.6. The number of hydrazine groups is 1. The minimum absolute atomic E-state index is 0.0467. The largest absolute Gasteiger partial charge is 0.490 e. The van der Waals surface area contributed by atoms with Crippen molar-refractivity contribution in [3.8, 4) is 11.5 Å². The van der Waals surface area contributed by atoms with Gasteiger partial charge in [-0.15, -0.1) is 4.40 Å². The molecule has 188 valence electrons. The van der Waals surface area contributed by atoms with E-state index in [0.29, 0.717) is 35.0 Å². The quantitative estimate of drug-likeness (QED) is 0.264. The van der Waals surface area contributed by atoms with Gasteiger partial charge in [0.1, 0.15) is 29.6 Å². The molecule has 8 nitrogen and oxygen atoms in total. The number of para-hydroxylation sites is 1. The number of thiocarbonyl (C=S) groups is 1. The monoisotopic (exact) mass is 551 g/mol. The van der Waals surface area contributed by atoms with Gasteiger partial charge in [-0.3, -0.25) is 10.2 Å². The zero-order valence-corrected chi connectivity index (χ0v) is 22.0. The van der Waals surface area contributed by atoms with Gasteiger partial charge in [-0.25, -0.2) is 0 Å². The van der Waals surface area contributed by atoms with Crippen molar-refractivity contribution < 1.29 is 22.7 Å². The predicted octanol–water partition coefficient (Wildman–Crippen LogP) is 4.31. The SMILES string of the molecule is Cc1ccc(OCCOc2ccccc2/C=C2\SC(=S)N(NC3=NS(=O)(=O)c4ccccc43)C2=O)cc1. The first-order valence-corrected chi connectivity index (χ1v) is 13.9. The van der Waals surface area contributed by atoms with Crippen LogP contribution in [0.3, 0.4) is 0 Å². The molecule has 11 heteroatoms. The molecule has 1 fully saturated rings. The van der Waals surface area contributed by atoms with E-state index < -0.39 is 15.9 Å². The Morgan fingerprint density at radius 1 is 1.00 bits per heavy atom. The normalized spacial score (nSPS) is 17.1. The molecule has 37 heavy (non-hydrogen) atoms. The van der Waals surface area contributed by atoms with Crippen molar-refractivity contribution >= 4 is 56.1 Å². The smallest absolute Gasteiger partial charge is 0.285 e. The Morgan fingerprint density at radius 2 is 1.70 bits per heavy atom.